The quantitative estimate of drug-likeness (QED) is 0.597. The zero-order valence-electron chi connectivity index (χ0n) is 16.7. The molecule has 0 fully saturated rings. The molecule has 0 bridgehead atoms. The van der Waals surface area contributed by atoms with Gasteiger partial charge in [0.15, 0.2) is 5.13 Å². The number of carbonyl (C=O) groups is 1. The third-order valence-corrected chi connectivity index (χ3v) is 6.47. The highest BCUT2D eigenvalue weighted by atomic mass is 32.2. The summed E-state index contributed by atoms with van der Waals surface area (Å²) in [7, 11) is 1.58. The van der Waals surface area contributed by atoms with Crippen LogP contribution in [0.2, 0.25) is 0 Å². The number of aryl methyl sites for hydroxylation is 1. The number of rotatable bonds is 9. The second-order valence-corrected chi connectivity index (χ2v) is 9.27. The van der Waals surface area contributed by atoms with Gasteiger partial charge in [-0.2, -0.15) is 0 Å². The molecule has 154 valence electrons. The van der Waals surface area contributed by atoms with Gasteiger partial charge in [-0.3, -0.25) is 4.79 Å². The number of amides is 1. The van der Waals surface area contributed by atoms with Crippen LogP contribution < -0.4 is 14.8 Å². The molecule has 0 saturated carbocycles. The summed E-state index contributed by atoms with van der Waals surface area (Å²) in [5.41, 5.74) is 1.40. The number of benzene rings is 1. The molecule has 10 heteroatoms. The lowest BCUT2D eigenvalue weighted by molar-refractivity contribution is -0.114. The maximum Gasteiger partial charge on any atom is 0.244 e. The van der Waals surface area contributed by atoms with Gasteiger partial charge in [0.1, 0.15) is 10.6 Å². The Hall–Kier alpha value is -2.01. The van der Waals surface area contributed by atoms with Crippen LogP contribution in [0.4, 0.5) is 5.13 Å². The van der Waals surface area contributed by atoms with Crippen LogP contribution in [-0.2, 0) is 14.8 Å². The number of hydrogen-bond donors (Lipinski definition) is 2. The molecular formula is C18H26N4O4S2. The molecule has 0 unspecified atom stereocenters. The van der Waals surface area contributed by atoms with E-state index in [2.05, 4.69) is 15.0 Å². The summed E-state index contributed by atoms with van der Waals surface area (Å²) < 4.78 is 33.5. The highest BCUT2D eigenvalue weighted by molar-refractivity contribution is 7.89. The van der Waals surface area contributed by atoms with E-state index in [1.54, 1.807) is 18.2 Å². The largest absolute Gasteiger partial charge is 0.495 e. The summed E-state index contributed by atoms with van der Waals surface area (Å²) >= 11 is 1.29. The lowest BCUT2D eigenvalue weighted by Crippen LogP contribution is -2.27. The number of sulfonamides is 1. The number of hydrogen-bond acceptors (Lipinski definition) is 7. The van der Waals surface area contributed by atoms with E-state index in [0.29, 0.717) is 29.4 Å². The Labute approximate surface area is 170 Å². The molecule has 1 aromatic carbocycles. The lowest BCUT2D eigenvalue weighted by Gasteiger charge is -2.13. The third kappa shape index (κ3) is 5.74. The van der Waals surface area contributed by atoms with Gasteiger partial charge in [0.25, 0.3) is 0 Å². The molecule has 0 aliphatic carbocycles. The zero-order valence-corrected chi connectivity index (χ0v) is 18.3. The van der Waals surface area contributed by atoms with Gasteiger partial charge in [0, 0.05) is 13.5 Å². The van der Waals surface area contributed by atoms with Crippen molar-refractivity contribution < 1.29 is 17.9 Å². The third-order valence-electron chi connectivity index (χ3n) is 3.87. The molecule has 0 aliphatic rings. The van der Waals surface area contributed by atoms with Crippen LogP contribution in [0.1, 0.15) is 19.0 Å². The fourth-order valence-corrected chi connectivity index (χ4v) is 4.85. The molecule has 1 aromatic heterocycles. The van der Waals surface area contributed by atoms with E-state index in [4.69, 9.17) is 4.74 Å². The number of aromatic nitrogens is 1. The van der Waals surface area contributed by atoms with E-state index in [1.165, 1.54) is 25.4 Å². The van der Waals surface area contributed by atoms with Crippen molar-refractivity contribution in [2.24, 2.45) is 0 Å². The Morgan fingerprint density at radius 3 is 2.64 bits per heavy atom. The molecule has 8 nitrogen and oxygen atoms in total. The van der Waals surface area contributed by atoms with E-state index in [9.17, 15) is 13.2 Å². The molecule has 2 N–H and O–H groups in total. The van der Waals surface area contributed by atoms with Crippen molar-refractivity contribution in [3.05, 3.63) is 23.9 Å². The predicted molar refractivity (Wildman–Crippen MR) is 112 cm³/mol. The first-order valence-corrected chi connectivity index (χ1v) is 11.0. The predicted octanol–water partition coefficient (Wildman–Crippen LogP) is 2.32. The van der Waals surface area contributed by atoms with Gasteiger partial charge in [0.05, 0.1) is 17.7 Å². The molecule has 1 amide bonds. The average molecular weight is 427 g/mol. The zero-order chi connectivity index (χ0) is 20.9. The molecule has 0 aliphatic heterocycles. The molecule has 2 rings (SSSR count). The van der Waals surface area contributed by atoms with Crippen molar-refractivity contribution in [3.63, 3.8) is 0 Å². The van der Waals surface area contributed by atoms with Crippen molar-refractivity contribution in [1.29, 1.82) is 0 Å². The van der Waals surface area contributed by atoms with Gasteiger partial charge >= 0.3 is 0 Å². The molecule has 0 saturated heterocycles. The Kier molecular flexibility index (Phi) is 7.53. The van der Waals surface area contributed by atoms with Crippen molar-refractivity contribution >= 4 is 32.4 Å². The first kappa shape index (κ1) is 22.3. The molecule has 1 heterocycles. The summed E-state index contributed by atoms with van der Waals surface area (Å²) in [6.45, 7) is 4.34. The molecule has 28 heavy (non-hydrogen) atoms. The highest BCUT2D eigenvalue weighted by Crippen LogP contribution is 2.36. The first-order chi connectivity index (χ1) is 13.1. The van der Waals surface area contributed by atoms with E-state index < -0.39 is 10.0 Å². The molecule has 2 aromatic rings. The molecule has 0 spiro atoms. The van der Waals surface area contributed by atoms with Crippen molar-refractivity contribution in [2.45, 2.75) is 25.2 Å². The Morgan fingerprint density at radius 1 is 1.32 bits per heavy atom. The second-order valence-electron chi connectivity index (χ2n) is 6.53. The topological polar surface area (TPSA) is 101 Å². The Morgan fingerprint density at radius 2 is 2.04 bits per heavy atom. The second kappa shape index (κ2) is 9.46. The van der Waals surface area contributed by atoms with Gasteiger partial charge in [-0.05, 0) is 57.7 Å². The summed E-state index contributed by atoms with van der Waals surface area (Å²) in [4.78, 5) is 18.4. The first-order valence-electron chi connectivity index (χ1n) is 8.72. The fourth-order valence-electron chi connectivity index (χ4n) is 2.58. The van der Waals surface area contributed by atoms with Crippen LogP contribution in [0.25, 0.3) is 10.4 Å². The monoisotopic (exact) mass is 426 g/mol. The molecule has 0 atom stereocenters. The van der Waals surface area contributed by atoms with Crippen molar-refractivity contribution in [2.75, 3.05) is 39.6 Å². The van der Waals surface area contributed by atoms with Crippen LogP contribution >= 0.6 is 11.3 Å². The lowest BCUT2D eigenvalue weighted by atomic mass is 10.1. The summed E-state index contributed by atoms with van der Waals surface area (Å²) in [5, 5.41) is 3.13. The maximum atomic E-state index is 12.8. The van der Waals surface area contributed by atoms with Crippen molar-refractivity contribution in [3.8, 4) is 16.2 Å². The summed E-state index contributed by atoms with van der Waals surface area (Å²) in [5.74, 6) is 0.0633. The van der Waals surface area contributed by atoms with E-state index in [-0.39, 0.29) is 16.6 Å². The minimum atomic E-state index is -3.74. The van der Waals surface area contributed by atoms with E-state index in [0.717, 1.165) is 11.4 Å². The van der Waals surface area contributed by atoms with Gasteiger partial charge in [-0.15, -0.1) is 0 Å². The highest BCUT2D eigenvalue weighted by Gasteiger charge is 2.21. The number of carbonyl (C=O) groups excluding carboxylic acids is 1. The number of anilines is 1. The number of nitrogens with one attached hydrogen (secondary N) is 2. The van der Waals surface area contributed by atoms with Gasteiger partial charge in [-0.1, -0.05) is 11.3 Å². The van der Waals surface area contributed by atoms with Crippen LogP contribution in [0.3, 0.4) is 0 Å². The molecular weight excluding hydrogens is 400 g/mol. The minimum absolute atomic E-state index is 0.0752. The Bertz CT molecular complexity index is 939. The number of ether oxygens (including phenoxy) is 1. The summed E-state index contributed by atoms with van der Waals surface area (Å²) in [6.07, 6.45) is 0.697. The average Bonchev–Trinajstić information content (AvgIpc) is 2.97. The number of nitrogens with zero attached hydrogens (tertiary/aromatic N) is 2. The smallest absolute Gasteiger partial charge is 0.244 e. The van der Waals surface area contributed by atoms with Crippen LogP contribution in [0, 0.1) is 6.92 Å². The number of thiazole rings is 1. The summed E-state index contributed by atoms with van der Waals surface area (Å²) in [6, 6.07) is 4.98. The van der Waals surface area contributed by atoms with Gasteiger partial charge in [-0.25, -0.2) is 18.1 Å². The van der Waals surface area contributed by atoms with Crippen molar-refractivity contribution in [1.82, 2.24) is 14.6 Å². The van der Waals surface area contributed by atoms with E-state index >= 15 is 0 Å². The van der Waals surface area contributed by atoms with Gasteiger partial charge < -0.3 is 15.0 Å². The number of methoxy groups -OCH3 is 1. The normalized spacial score (nSPS) is 11.6. The Balaban J connectivity index is 2.33. The van der Waals surface area contributed by atoms with Crippen LogP contribution in [-0.4, -0.2) is 58.5 Å². The van der Waals surface area contributed by atoms with Gasteiger partial charge in [0.2, 0.25) is 15.9 Å². The molecule has 0 radical (unpaired) electrons. The standard InChI is InChI=1S/C18H26N4O4S2/c1-12-17(27-18(20-12)21-13(2)23)14-7-8-15(26-5)16(11-14)28(24,25)19-9-6-10-22(3)4/h7-8,11,19H,6,9-10H2,1-5H3,(H,20,21,23). The maximum absolute atomic E-state index is 12.8. The van der Waals surface area contributed by atoms with E-state index in [1.807, 2.05) is 25.9 Å². The van der Waals surface area contributed by atoms with Crippen LogP contribution in [0.5, 0.6) is 5.75 Å². The fraction of sp³-hybridized carbons (Fsp3) is 0.444. The van der Waals surface area contributed by atoms with Crippen LogP contribution in [0.15, 0.2) is 23.1 Å². The minimum Gasteiger partial charge on any atom is -0.495 e. The SMILES string of the molecule is COc1ccc(-c2sc(NC(C)=O)nc2C)cc1S(=O)(=O)NCCCN(C)C.